The Labute approximate surface area is 157 Å². The molecule has 1 amide bonds. The molecule has 0 fully saturated rings. The van der Waals surface area contributed by atoms with Crippen molar-refractivity contribution in [3.8, 4) is 5.75 Å². The van der Waals surface area contributed by atoms with Crippen LogP contribution >= 0.6 is 0 Å². The third-order valence-electron chi connectivity index (χ3n) is 4.88. The molecular formula is C23H21NO3. The highest BCUT2D eigenvalue weighted by molar-refractivity contribution is 6.08. The van der Waals surface area contributed by atoms with Gasteiger partial charge >= 0.3 is 0 Å². The summed E-state index contributed by atoms with van der Waals surface area (Å²) in [6.45, 7) is 2.01. The van der Waals surface area contributed by atoms with Gasteiger partial charge in [-0.2, -0.15) is 0 Å². The smallest absolute Gasteiger partial charge is 0.232 e. The molecule has 1 atom stereocenters. The van der Waals surface area contributed by atoms with Gasteiger partial charge in [-0.15, -0.1) is 0 Å². The number of ether oxygens (including phenoxy) is 1. The number of benzene rings is 3. The number of amides is 1. The van der Waals surface area contributed by atoms with E-state index in [4.69, 9.17) is 9.15 Å². The maximum absolute atomic E-state index is 12.9. The first-order chi connectivity index (χ1) is 13.2. The lowest BCUT2D eigenvalue weighted by Gasteiger charge is -2.17. The molecule has 1 aromatic heterocycles. The Morgan fingerprint density at radius 3 is 2.48 bits per heavy atom. The lowest BCUT2D eigenvalue weighted by atomic mass is 9.95. The normalized spacial score (nSPS) is 12.2. The lowest BCUT2D eigenvalue weighted by Crippen LogP contribution is -2.21. The van der Waals surface area contributed by atoms with E-state index in [1.165, 1.54) is 0 Å². The molecular weight excluding hydrogens is 338 g/mol. The van der Waals surface area contributed by atoms with Crippen LogP contribution in [0.15, 0.2) is 71.1 Å². The Balaban J connectivity index is 1.72. The minimum Gasteiger partial charge on any atom is -0.495 e. The minimum absolute atomic E-state index is 0.0579. The molecule has 3 aromatic carbocycles. The number of hydrogen-bond acceptors (Lipinski definition) is 3. The molecule has 4 rings (SSSR count). The number of nitrogens with one attached hydrogen (secondary N) is 1. The van der Waals surface area contributed by atoms with Crippen LogP contribution in [0.25, 0.3) is 21.9 Å². The second-order valence-corrected chi connectivity index (χ2v) is 6.51. The number of hydrogen-bond donors (Lipinski definition) is 1. The first-order valence-electron chi connectivity index (χ1n) is 9.06. The molecule has 0 bridgehead atoms. The average Bonchev–Trinajstić information content (AvgIpc) is 3.06. The molecule has 0 aliphatic carbocycles. The highest BCUT2D eigenvalue weighted by atomic mass is 16.5. The van der Waals surface area contributed by atoms with Gasteiger partial charge in [0.15, 0.2) is 0 Å². The molecule has 4 heteroatoms. The summed E-state index contributed by atoms with van der Waals surface area (Å²) in [5.41, 5.74) is 3.15. The highest BCUT2D eigenvalue weighted by Crippen LogP contribution is 2.37. The molecule has 136 valence electrons. The van der Waals surface area contributed by atoms with Crippen LogP contribution in [0.2, 0.25) is 0 Å². The van der Waals surface area contributed by atoms with Crippen LogP contribution in [0, 0.1) is 0 Å². The molecule has 0 unspecified atom stereocenters. The number of methoxy groups -OCH3 is 1. The second-order valence-electron chi connectivity index (χ2n) is 6.51. The van der Waals surface area contributed by atoms with E-state index in [1.807, 2.05) is 73.7 Å². The number of furan rings is 1. The molecule has 0 saturated heterocycles. The monoisotopic (exact) mass is 359 g/mol. The topological polar surface area (TPSA) is 51.5 Å². The van der Waals surface area contributed by atoms with E-state index in [-0.39, 0.29) is 11.8 Å². The van der Waals surface area contributed by atoms with Crippen LogP contribution in [0.1, 0.15) is 24.8 Å². The molecule has 1 heterocycles. The molecule has 0 radical (unpaired) electrons. The van der Waals surface area contributed by atoms with Crippen LogP contribution in [-0.2, 0) is 4.79 Å². The molecule has 1 N–H and O–H groups in total. The number of fused-ring (bicyclic) bond motifs is 3. The van der Waals surface area contributed by atoms with E-state index in [0.29, 0.717) is 17.9 Å². The molecule has 0 aliphatic rings. The van der Waals surface area contributed by atoms with Gasteiger partial charge in [0, 0.05) is 16.8 Å². The fourth-order valence-electron chi connectivity index (χ4n) is 3.50. The van der Waals surface area contributed by atoms with Crippen LogP contribution in [-0.4, -0.2) is 13.0 Å². The summed E-state index contributed by atoms with van der Waals surface area (Å²) in [7, 11) is 1.60. The fourth-order valence-corrected chi connectivity index (χ4v) is 3.50. The molecule has 0 aliphatic heterocycles. The van der Waals surface area contributed by atoms with E-state index in [9.17, 15) is 4.79 Å². The van der Waals surface area contributed by atoms with E-state index in [0.717, 1.165) is 27.5 Å². The van der Waals surface area contributed by atoms with Crippen LogP contribution < -0.4 is 10.1 Å². The van der Waals surface area contributed by atoms with Crippen LogP contribution in [0.3, 0.4) is 0 Å². The second kappa shape index (κ2) is 7.16. The summed E-state index contributed by atoms with van der Waals surface area (Å²) in [6.07, 6.45) is 0.713. The van der Waals surface area contributed by atoms with Gasteiger partial charge in [0.05, 0.1) is 18.7 Å². The Kier molecular flexibility index (Phi) is 4.55. The van der Waals surface area contributed by atoms with Crippen molar-refractivity contribution >= 4 is 33.5 Å². The molecule has 0 saturated carbocycles. The van der Waals surface area contributed by atoms with Crippen molar-refractivity contribution in [1.82, 2.24) is 0 Å². The Hall–Kier alpha value is -3.27. The average molecular weight is 359 g/mol. The van der Waals surface area contributed by atoms with Gasteiger partial charge in [0.2, 0.25) is 5.91 Å². The first kappa shape index (κ1) is 17.2. The number of para-hydroxylation sites is 1. The molecule has 4 aromatic rings. The number of carbonyl (C=O) groups is 1. The zero-order valence-corrected chi connectivity index (χ0v) is 15.4. The van der Waals surface area contributed by atoms with Crippen molar-refractivity contribution in [1.29, 1.82) is 0 Å². The Bertz CT molecular complexity index is 1100. The third kappa shape index (κ3) is 3.14. The number of carbonyl (C=O) groups excluding carboxylic acids is 1. The van der Waals surface area contributed by atoms with Crippen LogP contribution in [0.4, 0.5) is 5.69 Å². The van der Waals surface area contributed by atoms with Gasteiger partial charge in [-0.05, 0) is 24.1 Å². The van der Waals surface area contributed by atoms with Crippen molar-refractivity contribution in [3.05, 3.63) is 72.3 Å². The highest BCUT2D eigenvalue weighted by Gasteiger charge is 2.21. The Morgan fingerprint density at radius 2 is 1.74 bits per heavy atom. The molecule has 0 spiro atoms. The predicted octanol–water partition coefficient (Wildman–Crippen LogP) is 5.73. The fraction of sp³-hybridized carbons (Fsp3) is 0.174. The van der Waals surface area contributed by atoms with Crippen LogP contribution in [0.5, 0.6) is 5.75 Å². The summed E-state index contributed by atoms with van der Waals surface area (Å²) < 4.78 is 11.5. The number of rotatable bonds is 5. The van der Waals surface area contributed by atoms with E-state index >= 15 is 0 Å². The zero-order valence-electron chi connectivity index (χ0n) is 15.4. The van der Waals surface area contributed by atoms with Gasteiger partial charge < -0.3 is 14.5 Å². The lowest BCUT2D eigenvalue weighted by molar-refractivity contribution is -0.117. The van der Waals surface area contributed by atoms with Crippen molar-refractivity contribution in [2.75, 3.05) is 12.4 Å². The van der Waals surface area contributed by atoms with E-state index in [2.05, 4.69) is 5.32 Å². The summed E-state index contributed by atoms with van der Waals surface area (Å²) in [5, 5.41) is 5.02. The summed E-state index contributed by atoms with van der Waals surface area (Å²) in [6, 6.07) is 21.4. The van der Waals surface area contributed by atoms with Crippen molar-refractivity contribution < 1.29 is 13.9 Å². The quantitative estimate of drug-likeness (QED) is 0.495. The summed E-state index contributed by atoms with van der Waals surface area (Å²) in [4.78, 5) is 12.9. The van der Waals surface area contributed by atoms with Crippen molar-refractivity contribution in [3.63, 3.8) is 0 Å². The first-order valence-corrected chi connectivity index (χ1v) is 9.06. The van der Waals surface area contributed by atoms with E-state index in [1.54, 1.807) is 7.11 Å². The van der Waals surface area contributed by atoms with Crippen molar-refractivity contribution in [2.24, 2.45) is 0 Å². The SMILES string of the molecule is CC[C@@H](C(=O)Nc1cc2oc3ccccc3c2cc1OC)c1ccccc1. The van der Waals surface area contributed by atoms with Crippen molar-refractivity contribution in [2.45, 2.75) is 19.3 Å². The standard InChI is InChI=1S/C23H21NO3/c1-3-16(15-9-5-4-6-10-15)23(25)24-19-14-21-18(13-22(19)26-2)17-11-7-8-12-20(17)27-21/h4-14,16H,3H2,1-2H3,(H,24,25)/t16-/m1/s1. The summed E-state index contributed by atoms with van der Waals surface area (Å²) >= 11 is 0. The van der Waals surface area contributed by atoms with Gasteiger partial charge in [0.1, 0.15) is 16.9 Å². The van der Waals surface area contributed by atoms with E-state index < -0.39 is 0 Å². The summed E-state index contributed by atoms with van der Waals surface area (Å²) in [5.74, 6) is 0.338. The molecule has 27 heavy (non-hydrogen) atoms. The van der Waals surface area contributed by atoms with Gasteiger partial charge in [-0.3, -0.25) is 4.79 Å². The maximum Gasteiger partial charge on any atom is 0.232 e. The maximum atomic E-state index is 12.9. The van der Waals surface area contributed by atoms with Gasteiger partial charge in [-0.25, -0.2) is 0 Å². The Morgan fingerprint density at radius 1 is 1.00 bits per heavy atom. The zero-order chi connectivity index (χ0) is 18.8. The largest absolute Gasteiger partial charge is 0.495 e. The molecule has 4 nitrogen and oxygen atoms in total. The predicted molar refractivity (Wildman–Crippen MR) is 108 cm³/mol. The van der Waals surface area contributed by atoms with Gasteiger partial charge in [0.25, 0.3) is 0 Å². The van der Waals surface area contributed by atoms with Gasteiger partial charge in [-0.1, -0.05) is 55.5 Å². The number of anilines is 1. The minimum atomic E-state index is -0.220. The third-order valence-corrected chi connectivity index (χ3v) is 4.88.